The fourth-order valence-electron chi connectivity index (χ4n) is 4.00. The zero-order chi connectivity index (χ0) is 21.1. The standard InChI is InChI=1S/C24H24N4O2/c1-26-15-19(14-25)16-6-8-22-17(12-16)4-3-11-28(22)23-9-10-27-21-7-5-18(13-20(21)23)24(29)30-2/h5-10,12-15,25-26H,3-4,11H2,1-2H3/b19-15+,25-14?. The first-order valence-electron chi connectivity index (χ1n) is 9.92. The van der Waals surface area contributed by atoms with Gasteiger partial charge in [-0.05, 0) is 60.4 Å². The Labute approximate surface area is 175 Å². The smallest absolute Gasteiger partial charge is 0.337 e. The number of hydrogen-bond donors (Lipinski definition) is 2. The number of nitrogens with one attached hydrogen (secondary N) is 2. The fraction of sp³-hybridized carbons (Fsp3) is 0.208. The van der Waals surface area contributed by atoms with Gasteiger partial charge < -0.3 is 20.4 Å². The molecule has 0 amide bonds. The highest BCUT2D eigenvalue weighted by Gasteiger charge is 2.21. The van der Waals surface area contributed by atoms with Crippen molar-refractivity contribution in [1.29, 1.82) is 5.41 Å². The third-order valence-electron chi connectivity index (χ3n) is 5.42. The van der Waals surface area contributed by atoms with Crippen LogP contribution < -0.4 is 10.2 Å². The number of allylic oxidation sites excluding steroid dienone is 1. The highest BCUT2D eigenvalue weighted by atomic mass is 16.5. The van der Waals surface area contributed by atoms with Crippen LogP contribution in [0.3, 0.4) is 0 Å². The van der Waals surface area contributed by atoms with E-state index in [1.165, 1.54) is 18.9 Å². The number of carbonyl (C=O) groups is 1. The fourth-order valence-corrected chi connectivity index (χ4v) is 4.00. The number of ether oxygens (including phenoxy) is 1. The lowest BCUT2D eigenvalue weighted by Gasteiger charge is -2.32. The van der Waals surface area contributed by atoms with E-state index in [2.05, 4.69) is 33.4 Å². The van der Waals surface area contributed by atoms with Crippen molar-refractivity contribution in [2.24, 2.45) is 0 Å². The number of pyridine rings is 1. The first kappa shape index (κ1) is 19.6. The average molecular weight is 400 g/mol. The van der Waals surface area contributed by atoms with Gasteiger partial charge in [0.2, 0.25) is 0 Å². The molecule has 6 heteroatoms. The van der Waals surface area contributed by atoms with E-state index in [9.17, 15) is 4.79 Å². The van der Waals surface area contributed by atoms with Gasteiger partial charge in [0.25, 0.3) is 0 Å². The van der Waals surface area contributed by atoms with E-state index in [0.717, 1.165) is 52.8 Å². The number of methoxy groups -OCH3 is 1. The molecule has 2 N–H and O–H groups in total. The monoisotopic (exact) mass is 400 g/mol. The number of rotatable bonds is 5. The Bertz CT molecular complexity index is 1150. The quantitative estimate of drug-likeness (QED) is 0.493. The first-order valence-corrected chi connectivity index (χ1v) is 9.92. The van der Waals surface area contributed by atoms with Crippen LogP contribution in [0.15, 0.2) is 54.9 Å². The summed E-state index contributed by atoms with van der Waals surface area (Å²) in [7, 11) is 3.22. The summed E-state index contributed by atoms with van der Waals surface area (Å²) in [4.78, 5) is 18.8. The molecule has 0 atom stereocenters. The van der Waals surface area contributed by atoms with E-state index in [1.807, 2.05) is 31.4 Å². The van der Waals surface area contributed by atoms with Crippen LogP contribution in [0.5, 0.6) is 0 Å². The molecule has 1 aromatic heterocycles. The summed E-state index contributed by atoms with van der Waals surface area (Å²) in [6, 6.07) is 13.8. The minimum absolute atomic E-state index is 0.356. The summed E-state index contributed by atoms with van der Waals surface area (Å²) in [5.41, 5.74) is 6.64. The van der Waals surface area contributed by atoms with Crippen LogP contribution in [0.4, 0.5) is 11.4 Å². The van der Waals surface area contributed by atoms with E-state index in [0.29, 0.717) is 5.56 Å². The van der Waals surface area contributed by atoms with Gasteiger partial charge in [0.05, 0.1) is 23.9 Å². The molecule has 1 aliphatic rings. The van der Waals surface area contributed by atoms with Gasteiger partial charge in [0.1, 0.15) is 0 Å². The Morgan fingerprint density at radius 2 is 2.00 bits per heavy atom. The molecule has 0 unspecified atom stereocenters. The summed E-state index contributed by atoms with van der Waals surface area (Å²) in [5, 5.41) is 11.6. The summed E-state index contributed by atoms with van der Waals surface area (Å²) < 4.78 is 4.89. The van der Waals surface area contributed by atoms with Gasteiger partial charge in [-0.15, -0.1) is 0 Å². The minimum atomic E-state index is -0.356. The third-order valence-corrected chi connectivity index (χ3v) is 5.42. The zero-order valence-electron chi connectivity index (χ0n) is 17.1. The summed E-state index contributed by atoms with van der Waals surface area (Å²) >= 11 is 0. The van der Waals surface area contributed by atoms with E-state index in [4.69, 9.17) is 10.1 Å². The lowest BCUT2D eigenvalue weighted by atomic mass is 9.95. The number of esters is 1. The maximum absolute atomic E-state index is 12.0. The van der Waals surface area contributed by atoms with Crippen molar-refractivity contribution in [2.45, 2.75) is 12.8 Å². The molecule has 6 nitrogen and oxygen atoms in total. The average Bonchev–Trinajstić information content (AvgIpc) is 2.80. The molecule has 152 valence electrons. The predicted molar refractivity (Wildman–Crippen MR) is 121 cm³/mol. The van der Waals surface area contributed by atoms with Crippen molar-refractivity contribution in [3.8, 4) is 0 Å². The summed E-state index contributed by atoms with van der Waals surface area (Å²) in [6.07, 6.45) is 7.01. The van der Waals surface area contributed by atoms with Crippen molar-refractivity contribution in [3.63, 3.8) is 0 Å². The van der Waals surface area contributed by atoms with Gasteiger partial charge >= 0.3 is 5.97 Å². The normalized spacial score (nSPS) is 13.7. The van der Waals surface area contributed by atoms with E-state index in [1.54, 1.807) is 12.3 Å². The molecule has 2 aromatic carbocycles. The maximum Gasteiger partial charge on any atom is 0.337 e. The van der Waals surface area contributed by atoms with Crippen LogP contribution in [0, 0.1) is 5.41 Å². The van der Waals surface area contributed by atoms with Crippen molar-refractivity contribution in [1.82, 2.24) is 10.3 Å². The Morgan fingerprint density at radius 1 is 1.17 bits per heavy atom. The molecular formula is C24H24N4O2. The van der Waals surface area contributed by atoms with Crippen molar-refractivity contribution < 1.29 is 9.53 Å². The number of hydrogen-bond acceptors (Lipinski definition) is 6. The molecule has 1 aliphatic heterocycles. The first-order chi connectivity index (χ1) is 14.7. The molecule has 0 saturated carbocycles. The van der Waals surface area contributed by atoms with Crippen molar-refractivity contribution >= 4 is 40.0 Å². The van der Waals surface area contributed by atoms with Crippen molar-refractivity contribution in [3.05, 3.63) is 71.6 Å². The Balaban J connectivity index is 1.81. The molecule has 0 aliphatic carbocycles. The number of fused-ring (bicyclic) bond motifs is 2. The van der Waals surface area contributed by atoms with Gasteiger partial charge in [-0.25, -0.2) is 4.79 Å². The summed E-state index contributed by atoms with van der Waals surface area (Å²) in [6.45, 7) is 0.887. The predicted octanol–water partition coefficient (Wildman–Crippen LogP) is 4.32. The molecule has 2 heterocycles. The number of anilines is 2. The molecule has 0 fully saturated rings. The second-order valence-corrected chi connectivity index (χ2v) is 7.18. The maximum atomic E-state index is 12.0. The summed E-state index contributed by atoms with van der Waals surface area (Å²) in [5.74, 6) is -0.356. The molecule has 0 saturated heterocycles. The van der Waals surface area contributed by atoms with Gasteiger partial charge in [0.15, 0.2) is 0 Å². The van der Waals surface area contributed by atoms with Crippen LogP contribution in [0.25, 0.3) is 16.5 Å². The number of aryl methyl sites for hydroxylation is 1. The second kappa shape index (κ2) is 8.37. The SMILES string of the molecule is CN/C=C(\C=N)c1ccc2c(c1)CCCN2c1ccnc2ccc(C(=O)OC)cc12. The minimum Gasteiger partial charge on any atom is -0.465 e. The highest BCUT2D eigenvalue weighted by Crippen LogP contribution is 2.38. The topological polar surface area (TPSA) is 78.3 Å². The Kier molecular flexibility index (Phi) is 5.48. The number of nitrogens with zero attached hydrogens (tertiary/aromatic N) is 2. The largest absolute Gasteiger partial charge is 0.465 e. The second-order valence-electron chi connectivity index (χ2n) is 7.18. The van der Waals surface area contributed by atoms with Gasteiger partial charge in [0, 0.05) is 48.9 Å². The molecule has 0 bridgehead atoms. The van der Waals surface area contributed by atoms with Crippen LogP contribution in [-0.2, 0) is 11.2 Å². The Hall–Kier alpha value is -3.67. The Morgan fingerprint density at radius 3 is 2.77 bits per heavy atom. The zero-order valence-corrected chi connectivity index (χ0v) is 17.1. The number of aromatic nitrogens is 1. The molecular weight excluding hydrogens is 376 g/mol. The lowest BCUT2D eigenvalue weighted by Crippen LogP contribution is -2.25. The van der Waals surface area contributed by atoms with E-state index >= 15 is 0 Å². The molecule has 0 radical (unpaired) electrons. The van der Waals surface area contributed by atoms with Crippen LogP contribution in [0.1, 0.15) is 27.9 Å². The molecule has 3 aromatic rings. The van der Waals surface area contributed by atoms with Crippen LogP contribution in [0.2, 0.25) is 0 Å². The number of carbonyl (C=O) groups excluding carboxylic acids is 1. The molecule has 4 rings (SSSR count). The lowest BCUT2D eigenvalue weighted by molar-refractivity contribution is 0.0601. The van der Waals surface area contributed by atoms with Crippen molar-refractivity contribution in [2.75, 3.05) is 25.6 Å². The van der Waals surface area contributed by atoms with Gasteiger partial charge in [-0.1, -0.05) is 6.07 Å². The van der Waals surface area contributed by atoms with Crippen LogP contribution >= 0.6 is 0 Å². The van der Waals surface area contributed by atoms with Gasteiger partial charge in [-0.2, -0.15) is 0 Å². The van der Waals surface area contributed by atoms with E-state index < -0.39 is 0 Å². The number of benzene rings is 2. The third kappa shape index (κ3) is 3.52. The van der Waals surface area contributed by atoms with E-state index in [-0.39, 0.29) is 5.97 Å². The van der Waals surface area contributed by atoms with Gasteiger partial charge in [-0.3, -0.25) is 4.98 Å². The molecule has 30 heavy (non-hydrogen) atoms. The highest BCUT2D eigenvalue weighted by molar-refractivity contribution is 6.08. The molecule has 0 spiro atoms. The van der Waals surface area contributed by atoms with Crippen LogP contribution in [-0.4, -0.2) is 37.9 Å².